The summed E-state index contributed by atoms with van der Waals surface area (Å²) in [7, 11) is -3.57. The number of amidine groups is 1. The predicted octanol–water partition coefficient (Wildman–Crippen LogP) is 4.03. The zero-order valence-corrected chi connectivity index (χ0v) is 14.2. The lowest BCUT2D eigenvalue weighted by Crippen LogP contribution is -2.19. The molecule has 21 heavy (non-hydrogen) atoms. The van der Waals surface area contributed by atoms with Crippen molar-refractivity contribution in [3.05, 3.63) is 23.8 Å². The Morgan fingerprint density at radius 3 is 2.71 bits per heavy atom. The van der Waals surface area contributed by atoms with Gasteiger partial charge in [0.15, 0.2) is 5.17 Å². The van der Waals surface area contributed by atoms with Crippen molar-refractivity contribution >= 4 is 32.6 Å². The highest BCUT2D eigenvalue weighted by atomic mass is 32.2. The first-order chi connectivity index (χ1) is 10.1. The molecule has 0 aromatic heterocycles. The number of nitrogens with one attached hydrogen (secondary N) is 1. The Bertz CT molecular complexity index is 625. The van der Waals surface area contributed by atoms with Crippen LogP contribution in [0.3, 0.4) is 0 Å². The molecule has 0 fully saturated rings. The third-order valence-electron chi connectivity index (χ3n) is 3.41. The molecule has 0 aliphatic carbocycles. The number of unbranched alkanes of at least 4 members (excludes halogenated alkanes) is 3. The molecule has 0 saturated heterocycles. The number of thioether (sulfide) groups is 1. The van der Waals surface area contributed by atoms with Gasteiger partial charge in [0.25, 0.3) is 10.0 Å². The summed E-state index contributed by atoms with van der Waals surface area (Å²) in [6, 6.07) is 5.50. The standard InChI is InChI=1S/C15H22N2O2S2/c1-3-5-6-7-10-20-15-16-13-9-8-12(4-2)11-14(13)21(18,19)17-15/h8-9,11H,3-7,10H2,1-2H3,(H,16,17). The maximum atomic E-state index is 12.2. The maximum Gasteiger partial charge on any atom is 0.286 e. The van der Waals surface area contributed by atoms with Gasteiger partial charge in [0, 0.05) is 5.75 Å². The van der Waals surface area contributed by atoms with Crippen LogP contribution >= 0.6 is 11.8 Å². The van der Waals surface area contributed by atoms with Crippen molar-refractivity contribution in [1.82, 2.24) is 0 Å². The number of sulfonamides is 1. The van der Waals surface area contributed by atoms with Crippen LogP contribution in [0.15, 0.2) is 27.5 Å². The third-order valence-corrected chi connectivity index (χ3v) is 5.81. The molecule has 1 aromatic carbocycles. The van der Waals surface area contributed by atoms with E-state index in [1.807, 2.05) is 19.1 Å². The van der Waals surface area contributed by atoms with E-state index in [0.29, 0.717) is 10.9 Å². The summed E-state index contributed by atoms with van der Waals surface area (Å²) in [4.78, 5) is 0.289. The molecule has 0 atom stereocenters. The second-order valence-electron chi connectivity index (χ2n) is 5.09. The molecule has 0 bridgehead atoms. The average Bonchev–Trinajstić information content (AvgIpc) is 2.46. The first-order valence-corrected chi connectivity index (χ1v) is 9.87. The fourth-order valence-corrected chi connectivity index (χ4v) is 4.45. The van der Waals surface area contributed by atoms with E-state index in [0.717, 1.165) is 24.2 Å². The number of nitrogens with zero attached hydrogens (tertiary/aromatic N) is 1. The number of hydrogen-bond acceptors (Lipinski definition) is 4. The van der Waals surface area contributed by atoms with E-state index in [2.05, 4.69) is 16.6 Å². The summed E-state index contributed by atoms with van der Waals surface area (Å²) >= 11 is 1.48. The molecular formula is C15H22N2O2S2. The van der Waals surface area contributed by atoms with Crippen LogP contribution in [-0.4, -0.2) is 19.3 Å². The zero-order valence-electron chi connectivity index (χ0n) is 12.6. The second-order valence-corrected chi connectivity index (χ2v) is 7.75. The highest BCUT2D eigenvalue weighted by Gasteiger charge is 2.25. The van der Waals surface area contributed by atoms with Crippen molar-refractivity contribution in [3.63, 3.8) is 0 Å². The summed E-state index contributed by atoms with van der Waals surface area (Å²) in [5.74, 6) is 0.893. The van der Waals surface area contributed by atoms with Gasteiger partial charge in [0.05, 0.1) is 5.69 Å². The van der Waals surface area contributed by atoms with Gasteiger partial charge in [-0.15, -0.1) is 4.40 Å². The lowest BCUT2D eigenvalue weighted by Gasteiger charge is -2.18. The molecule has 0 amide bonds. The molecule has 2 rings (SSSR count). The molecule has 0 radical (unpaired) electrons. The molecule has 4 nitrogen and oxygen atoms in total. The monoisotopic (exact) mass is 326 g/mol. The van der Waals surface area contributed by atoms with Crippen LogP contribution in [0.1, 0.15) is 45.1 Å². The lowest BCUT2D eigenvalue weighted by atomic mass is 10.1. The number of fused-ring (bicyclic) bond motifs is 1. The number of benzene rings is 1. The van der Waals surface area contributed by atoms with E-state index in [4.69, 9.17) is 0 Å². The van der Waals surface area contributed by atoms with Crippen molar-refractivity contribution < 1.29 is 8.42 Å². The van der Waals surface area contributed by atoms with Crippen LogP contribution < -0.4 is 5.32 Å². The topological polar surface area (TPSA) is 58.5 Å². The Morgan fingerprint density at radius 2 is 2.00 bits per heavy atom. The molecule has 0 unspecified atom stereocenters. The quantitative estimate of drug-likeness (QED) is 0.802. The van der Waals surface area contributed by atoms with Gasteiger partial charge in [-0.25, -0.2) is 0 Å². The van der Waals surface area contributed by atoms with E-state index in [-0.39, 0.29) is 4.90 Å². The Hall–Kier alpha value is -1.01. The number of rotatable bonds is 6. The van der Waals surface area contributed by atoms with Crippen molar-refractivity contribution in [2.45, 2.75) is 50.8 Å². The van der Waals surface area contributed by atoms with E-state index in [1.54, 1.807) is 6.07 Å². The van der Waals surface area contributed by atoms with Gasteiger partial charge in [-0.3, -0.25) is 0 Å². The summed E-state index contributed by atoms with van der Waals surface area (Å²) in [5.41, 5.74) is 1.64. The van der Waals surface area contributed by atoms with Crippen LogP contribution in [0.5, 0.6) is 0 Å². The van der Waals surface area contributed by atoms with Crippen LogP contribution in [0.4, 0.5) is 5.69 Å². The average molecular weight is 326 g/mol. The molecular weight excluding hydrogens is 304 g/mol. The van der Waals surface area contributed by atoms with Crippen LogP contribution in [0, 0.1) is 0 Å². The number of hydrogen-bond donors (Lipinski definition) is 1. The van der Waals surface area contributed by atoms with Gasteiger partial charge >= 0.3 is 0 Å². The fraction of sp³-hybridized carbons (Fsp3) is 0.533. The summed E-state index contributed by atoms with van der Waals surface area (Å²) in [6.45, 7) is 4.18. The molecule has 1 N–H and O–H groups in total. The first kappa shape index (κ1) is 16.4. The van der Waals surface area contributed by atoms with Crippen molar-refractivity contribution in [2.75, 3.05) is 11.1 Å². The Labute approximate surface area is 131 Å². The fourth-order valence-electron chi connectivity index (χ4n) is 2.16. The normalized spacial score (nSPS) is 16.0. The molecule has 0 spiro atoms. The first-order valence-electron chi connectivity index (χ1n) is 7.44. The minimum absolute atomic E-state index is 0.289. The van der Waals surface area contributed by atoms with Crippen molar-refractivity contribution in [1.29, 1.82) is 0 Å². The SMILES string of the molecule is CCCCCCSC1=NS(=O)(=O)c2cc(CC)ccc2N1. The van der Waals surface area contributed by atoms with Crippen LogP contribution in [0.25, 0.3) is 0 Å². The summed E-state index contributed by atoms with van der Waals surface area (Å²) in [5, 5.41) is 3.62. The summed E-state index contributed by atoms with van der Waals surface area (Å²) < 4.78 is 28.4. The van der Waals surface area contributed by atoms with E-state index < -0.39 is 10.0 Å². The van der Waals surface area contributed by atoms with Crippen molar-refractivity contribution in [2.24, 2.45) is 4.40 Å². The highest BCUT2D eigenvalue weighted by molar-refractivity contribution is 8.14. The second kappa shape index (κ2) is 7.31. The van der Waals surface area contributed by atoms with Crippen molar-refractivity contribution in [3.8, 4) is 0 Å². The van der Waals surface area contributed by atoms with E-state index in [1.165, 1.54) is 31.0 Å². The molecule has 0 saturated carbocycles. The molecule has 116 valence electrons. The maximum absolute atomic E-state index is 12.2. The number of aryl methyl sites for hydroxylation is 1. The summed E-state index contributed by atoms with van der Waals surface area (Å²) in [6.07, 6.45) is 5.50. The van der Waals surface area contributed by atoms with Gasteiger partial charge in [-0.05, 0) is 30.5 Å². The van der Waals surface area contributed by atoms with Gasteiger partial charge in [-0.1, -0.05) is 50.9 Å². The van der Waals surface area contributed by atoms with E-state index >= 15 is 0 Å². The molecule has 1 heterocycles. The Morgan fingerprint density at radius 1 is 1.19 bits per heavy atom. The van der Waals surface area contributed by atoms with Crippen LogP contribution in [0.2, 0.25) is 0 Å². The smallest absolute Gasteiger partial charge is 0.286 e. The molecule has 1 aliphatic heterocycles. The zero-order chi connectivity index (χ0) is 15.3. The Balaban J connectivity index is 2.07. The minimum Gasteiger partial charge on any atom is -0.333 e. The molecule has 1 aliphatic rings. The third kappa shape index (κ3) is 4.23. The molecule has 1 aromatic rings. The highest BCUT2D eigenvalue weighted by Crippen LogP contribution is 2.30. The van der Waals surface area contributed by atoms with E-state index in [9.17, 15) is 8.42 Å². The number of anilines is 1. The molecule has 6 heteroatoms. The van der Waals surface area contributed by atoms with Gasteiger partial charge < -0.3 is 5.32 Å². The van der Waals surface area contributed by atoms with Gasteiger partial charge in [-0.2, -0.15) is 8.42 Å². The minimum atomic E-state index is -3.57. The lowest BCUT2D eigenvalue weighted by molar-refractivity contribution is 0.598. The van der Waals surface area contributed by atoms with Crippen LogP contribution in [-0.2, 0) is 16.4 Å². The Kier molecular flexibility index (Phi) is 5.70. The largest absolute Gasteiger partial charge is 0.333 e. The van der Waals surface area contributed by atoms with Gasteiger partial charge in [0.1, 0.15) is 4.90 Å². The van der Waals surface area contributed by atoms with Gasteiger partial charge in [0.2, 0.25) is 0 Å². The predicted molar refractivity (Wildman–Crippen MR) is 90.7 cm³/mol.